The zero-order valence-electron chi connectivity index (χ0n) is 11.9. The van der Waals surface area contributed by atoms with Gasteiger partial charge in [-0.25, -0.2) is 0 Å². The second-order valence-corrected chi connectivity index (χ2v) is 4.99. The van der Waals surface area contributed by atoms with Crippen LogP contribution < -0.4 is 14.8 Å². The first-order chi connectivity index (χ1) is 7.98. The van der Waals surface area contributed by atoms with Gasteiger partial charge in [0.2, 0.25) is 0 Å². The molecule has 18 heavy (non-hydrogen) atoms. The molecule has 1 aromatic rings. The maximum Gasteiger partial charge on any atom is 0.165 e. The van der Waals surface area contributed by atoms with Crippen LogP contribution in [0.3, 0.4) is 0 Å². The van der Waals surface area contributed by atoms with Gasteiger partial charge in [-0.1, -0.05) is 12.1 Å². The van der Waals surface area contributed by atoms with Gasteiger partial charge in [0.25, 0.3) is 0 Å². The van der Waals surface area contributed by atoms with E-state index in [2.05, 4.69) is 32.2 Å². The first-order valence-corrected chi connectivity index (χ1v) is 6.01. The molecular weight excluding hydrogens is 250 g/mol. The highest BCUT2D eigenvalue weighted by molar-refractivity contribution is 5.85. The Labute approximate surface area is 116 Å². The average Bonchev–Trinajstić information content (AvgIpc) is 2.27. The van der Waals surface area contributed by atoms with E-state index in [0.717, 1.165) is 23.6 Å². The van der Waals surface area contributed by atoms with Crippen molar-refractivity contribution < 1.29 is 9.47 Å². The predicted octanol–water partition coefficient (Wildman–Crippen LogP) is 3.40. The van der Waals surface area contributed by atoms with Crippen molar-refractivity contribution in [2.24, 2.45) is 0 Å². The first-order valence-electron chi connectivity index (χ1n) is 6.01. The molecule has 0 fully saturated rings. The van der Waals surface area contributed by atoms with Crippen LogP contribution in [0.2, 0.25) is 0 Å². The van der Waals surface area contributed by atoms with Gasteiger partial charge in [0, 0.05) is 17.6 Å². The molecule has 1 aromatic carbocycles. The van der Waals surface area contributed by atoms with Crippen molar-refractivity contribution in [2.45, 2.75) is 39.8 Å². The predicted molar refractivity (Wildman–Crippen MR) is 78.0 cm³/mol. The number of hydrogen-bond acceptors (Lipinski definition) is 3. The highest BCUT2D eigenvalue weighted by Crippen LogP contribution is 2.31. The smallest absolute Gasteiger partial charge is 0.165 e. The van der Waals surface area contributed by atoms with E-state index in [0.29, 0.717) is 6.61 Å². The van der Waals surface area contributed by atoms with E-state index in [4.69, 9.17) is 9.47 Å². The van der Waals surface area contributed by atoms with Crippen molar-refractivity contribution in [3.05, 3.63) is 23.8 Å². The van der Waals surface area contributed by atoms with Crippen LogP contribution in [0.5, 0.6) is 11.5 Å². The number of methoxy groups -OCH3 is 1. The summed E-state index contributed by atoms with van der Waals surface area (Å²) in [4.78, 5) is 0. The summed E-state index contributed by atoms with van der Waals surface area (Å²) in [6.45, 7) is 9.83. The zero-order chi connectivity index (χ0) is 12.9. The quantitative estimate of drug-likeness (QED) is 0.892. The minimum Gasteiger partial charge on any atom is -0.493 e. The molecule has 104 valence electrons. The van der Waals surface area contributed by atoms with Gasteiger partial charge in [-0.3, -0.25) is 0 Å². The van der Waals surface area contributed by atoms with Crippen LogP contribution in [0.25, 0.3) is 0 Å². The Morgan fingerprint density at radius 3 is 2.39 bits per heavy atom. The molecule has 0 aliphatic rings. The summed E-state index contributed by atoms with van der Waals surface area (Å²) in [5.41, 5.74) is 1.22. The third kappa shape index (κ3) is 5.15. The van der Waals surface area contributed by atoms with Crippen LogP contribution in [0.15, 0.2) is 18.2 Å². The standard InChI is InChI=1S/C14H23NO2.ClH/c1-6-17-13-11(10-15-14(2,3)4)8-7-9-12(13)16-5;/h7-9,15H,6,10H2,1-5H3;1H. The SMILES string of the molecule is CCOc1c(CNC(C)(C)C)cccc1OC.Cl. The van der Waals surface area contributed by atoms with Crippen molar-refractivity contribution in [3.63, 3.8) is 0 Å². The molecule has 0 aliphatic heterocycles. The number of ether oxygens (including phenoxy) is 2. The second kappa shape index (κ2) is 7.49. The molecule has 0 bridgehead atoms. The van der Waals surface area contributed by atoms with Crippen LogP contribution >= 0.6 is 12.4 Å². The highest BCUT2D eigenvalue weighted by Gasteiger charge is 2.13. The van der Waals surface area contributed by atoms with Crippen molar-refractivity contribution in [1.29, 1.82) is 0 Å². The van der Waals surface area contributed by atoms with E-state index in [-0.39, 0.29) is 17.9 Å². The molecule has 0 aliphatic carbocycles. The molecule has 1 N–H and O–H groups in total. The molecule has 0 radical (unpaired) electrons. The average molecular weight is 274 g/mol. The van der Waals surface area contributed by atoms with Crippen LogP contribution in [0, 0.1) is 0 Å². The summed E-state index contributed by atoms with van der Waals surface area (Å²) >= 11 is 0. The van der Waals surface area contributed by atoms with E-state index in [1.54, 1.807) is 7.11 Å². The Kier molecular flexibility index (Phi) is 7.11. The molecule has 0 unspecified atom stereocenters. The summed E-state index contributed by atoms with van der Waals surface area (Å²) in [5, 5.41) is 3.45. The number of nitrogens with one attached hydrogen (secondary N) is 1. The number of rotatable bonds is 5. The molecule has 0 amide bonds. The van der Waals surface area contributed by atoms with E-state index in [1.165, 1.54) is 0 Å². The van der Waals surface area contributed by atoms with E-state index in [9.17, 15) is 0 Å². The lowest BCUT2D eigenvalue weighted by molar-refractivity contribution is 0.304. The number of hydrogen-bond donors (Lipinski definition) is 1. The van der Waals surface area contributed by atoms with Crippen molar-refractivity contribution in [2.75, 3.05) is 13.7 Å². The Bertz CT molecular complexity index is 361. The summed E-state index contributed by atoms with van der Waals surface area (Å²) in [7, 11) is 1.67. The van der Waals surface area contributed by atoms with Gasteiger partial charge in [0.15, 0.2) is 11.5 Å². The molecule has 0 heterocycles. The van der Waals surface area contributed by atoms with Crippen molar-refractivity contribution in [3.8, 4) is 11.5 Å². The Morgan fingerprint density at radius 2 is 1.89 bits per heavy atom. The van der Waals surface area contributed by atoms with Gasteiger partial charge in [-0.05, 0) is 33.8 Å². The fourth-order valence-electron chi connectivity index (χ4n) is 1.53. The summed E-state index contributed by atoms with van der Waals surface area (Å²) < 4.78 is 11.0. The highest BCUT2D eigenvalue weighted by atomic mass is 35.5. The molecule has 3 nitrogen and oxygen atoms in total. The third-order valence-corrected chi connectivity index (χ3v) is 2.38. The van der Waals surface area contributed by atoms with Gasteiger partial charge >= 0.3 is 0 Å². The van der Waals surface area contributed by atoms with E-state index >= 15 is 0 Å². The van der Waals surface area contributed by atoms with Crippen LogP contribution in [0.4, 0.5) is 0 Å². The van der Waals surface area contributed by atoms with Crippen LogP contribution in [-0.2, 0) is 6.54 Å². The summed E-state index contributed by atoms with van der Waals surface area (Å²) in [5.74, 6) is 1.63. The van der Waals surface area contributed by atoms with Gasteiger partial charge in [-0.15, -0.1) is 12.4 Å². The summed E-state index contributed by atoms with van der Waals surface area (Å²) in [6.07, 6.45) is 0. The number of benzene rings is 1. The number of para-hydroxylation sites is 1. The molecule has 0 saturated carbocycles. The second-order valence-electron chi connectivity index (χ2n) is 4.99. The molecular formula is C14H24ClNO2. The minimum atomic E-state index is 0. The first kappa shape index (κ1) is 17.1. The molecule has 0 aromatic heterocycles. The largest absolute Gasteiger partial charge is 0.493 e. The maximum atomic E-state index is 5.66. The van der Waals surface area contributed by atoms with Gasteiger partial charge in [0.1, 0.15) is 0 Å². The Hall–Kier alpha value is -0.930. The van der Waals surface area contributed by atoms with Gasteiger partial charge in [-0.2, -0.15) is 0 Å². The molecule has 0 saturated heterocycles. The minimum absolute atomic E-state index is 0. The molecule has 0 spiro atoms. The molecule has 1 rings (SSSR count). The Balaban J connectivity index is 0.00000289. The third-order valence-electron chi connectivity index (χ3n) is 2.38. The van der Waals surface area contributed by atoms with Gasteiger partial charge < -0.3 is 14.8 Å². The van der Waals surface area contributed by atoms with Crippen LogP contribution in [-0.4, -0.2) is 19.3 Å². The normalized spacial score (nSPS) is 10.7. The molecule has 4 heteroatoms. The zero-order valence-corrected chi connectivity index (χ0v) is 12.7. The monoisotopic (exact) mass is 273 g/mol. The topological polar surface area (TPSA) is 30.5 Å². The van der Waals surface area contributed by atoms with Gasteiger partial charge in [0.05, 0.1) is 13.7 Å². The van der Waals surface area contributed by atoms with Crippen molar-refractivity contribution >= 4 is 12.4 Å². The lowest BCUT2D eigenvalue weighted by atomic mass is 10.1. The number of halogens is 1. The fraction of sp³-hybridized carbons (Fsp3) is 0.571. The Morgan fingerprint density at radius 1 is 1.22 bits per heavy atom. The lowest BCUT2D eigenvalue weighted by Gasteiger charge is -2.22. The lowest BCUT2D eigenvalue weighted by Crippen LogP contribution is -2.35. The van der Waals surface area contributed by atoms with Crippen LogP contribution in [0.1, 0.15) is 33.3 Å². The molecule has 0 atom stereocenters. The summed E-state index contributed by atoms with van der Waals surface area (Å²) in [6, 6.07) is 5.97. The maximum absolute atomic E-state index is 5.66. The van der Waals surface area contributed by atoms with Crippen molar-refractivity contribution in [1.82, 2.24) is 5.32 Å². The van der Waals surface area contributed by atoms with E-state index in [1.807, 2.05) is 19.1 Å². The fourth-order valence-corrected chi connectivity index (χ4v) is 1.53. The van der Waals surface area contributed by atoms with E-state index < -0.39 is 0 Å².